The molecule has 1 atom stereocenters. The van der Waals surface area contributed by atoms with Gasteiger partial charge < -0.3 is 14.2 Å². The number of allylic oxidation sites excluding steroid dienone is 15. The van der Waals surface area contributed by atoms with Crippen molar-refractivity contribution in [2.75, 3.05) is 13.2 Å². The summed E-state index contributed by atoms with van der Waals surface area (Å²) in [5, 5.41) is 0. The third kappa shape index (κ3) is 49.2. The minimum absolute atomic E-state index is 0.121. The van der Waals surface area contributed by atoms with Gasteiger partial charge in [-0.3, -0.25) is 14.4 Å². The van der Waals surface area contributed by atoms with Crippen molar-refractivity contribution < 1.29 is 28.6 Å². The molecule has 0 aromatic rings. The van der Waals surface area contributed by atoms with E-state index in [1.54, 1.807) is 6.08 Å². The summed E-state index contributed by atoms with van der Waals surface area (Å²) >= 11 is 0. The smallest absolute Gasteiger partial charge is 0.309 e. The number of ether oxygens (including phenoxy) is 3. The number of carbonyl (C=O) groups is 3. The number of hydrogen-bond acceptors (Lipinski definition) is 6. The number of unbranched alkanes of at least 4 members (excludes halogenated alkanes) is 19. The molecule has 1 unspecified atom stereocenters. The molecule has 0 heterocycles. The van der Waals surface area contributed by atoms with Crippen molar-refractivity contribution in [1.29, 1.82) is 0 Å². The SMILES string of the molecule is CC/C=C\C/C=C\C/C=C\CC(=O)OCC(COC(=O)CCCCCCCCC/C=C\CCCCCCCCCC)OC(=O)CCC/C=C\C/C=C\C/C=C\C/C=C\CCCCC. The highest BCUT2D eigenvalue weighted by molar-refractivity contribution is 5.72. The van der Waals surface area contributed by atoms with E-state index in [1.807, 2.05) is 6.08 Å². The third-order valence-corrected chi connectivity index (χ3v) is 10.6. The maximum atomic E-state index is 12.7. The first-order chi connectivity index (χ1) is 31.0. The van der Waals surface area contributed by atoms with Gasteiger partial charge in [-0.05, 0) is 96.3 Å². The lowest BCUT2D eigenvalue weighted by Crippen LogP contribution is -2.30. The molecular weight excluding hydrogens is 781 g/mol. The fourth-order valence-corrected chi connectivity index (χ4v) is 6.72. The first kappa shape index (κ1) is 59.3. The lowest BCUT2D eigenvalue weighted by atomic mass is 10.1. The van der Waals surface area contributed by atoms with Gasteiger partial charge in [-0.1, -0.05) is 208 Å². The monoisotopic (exact) mass is 875 g/mol. The van der Waals surface area contributed by atoms with Crippen LogP contribution in [0.1, 0.15) is 226 Å². The molecule has 0 N–H and O–H groups in total. The summed E-state index contributed by atoms with van der Waals surface area (Å²) in [4.78, 5) is 37.8. The predicted octanol–water partition coefficient (Wildman–Crippen LogP) is 17.0. The van der Waals surface area contributed by atoms with Gasteiger partial charge in [0, 0.05) is 12.8 Å². The van der Waals surface area contributed by atoms with Crippen LogP contribution >= 0.6 is 0 Å². The topological polar surface area (TPSA) is 78.9 Å². The Morgan fingerprint density at radius 3 is 1.21 bits per heavy atom. The zero-order valence-corrected chi connectivity index (χ0v) is 40.8. The van der Waals surface area contributed by atoms with Gasteiger partial charge in [0.2, 0.25) is 0 Å². The van der Waals surface area contributed by atoms with Crippen LogP contribution in [0, 0.1) is 0 Å². The standard InChI is InChI=1S/C57H94O6/c1-4-7-10-13-16-19-21-23-25-27-28-30-31-33-35-38-41-44-47-50-56(59)62-53-54(52-61-55(58)49-46-43-40-37-18-15-12-9-6-3)63-57(60)51-48-45-42-39-36-34-32-29-26-24-22-20-17-14-11-8-5-2/h9,12,17-18,20,24,26-28,32,34,37,39,42-43,46,54H,4-8,10-11,13-16,19,21-23,25,29-31,33,35-36,38,40-41,44-45,47-53H2,1-3H3/b12-9-,20-17-,26-24-,28-27-,34-32-,37-18-,42-39-,46-43-. The van der Waals surface area contributed by atoms with Crippen molar-refractivity contribution in [2.24, 2.45) is 0 Å². The third-order valence-electron chi connectivity index (χ3n) is 10.6. The molecule has 0 spiro atoms. The normalized spacial score (nSPS) is 12.9. The fraction of sp³-hybridized carbons (Fsp3) is 0.667. The molecule has 0 saturated heterocycles. The largest absolute Gasteiger partial charge is 0.462 e. The summed E-state index contributed by atoms with van der Waals surface area (Å²) in [6, 6.07) is 0. The van der Waals surface area contributed by atoms with E-state index in [1.165, 1.54) is 116 Å². The molecule has 0 radical (unpaired) electrons. The molecule has 358 valence electrons. The Bertz CT molecular complexity index is 1280. The minimum atomic E-state index is -0.843. The Morgan fingerprint density at radius 2 is 0.698 bits per heavy atom. The number of esters is 3. The zero-order chi connectivity index (χ0) is 45.8. The summed E-state index contributed by atoms with van der Waals surface area (Å²) in [6.07, 6.45) is 67.2. The van der Waals surface area contributed by atoms with Gasteiger partial charge in [-0.2, -0.15) is 0 Å². The van der Waals surface area contributed by atoms with Crippen LogP contribution in [0.5, 0.6) is 0 Å². The minimum Gasteiger partial charge on any atom is -0.462 e. The number of hydrogen-bond donors (Lipinski definition) is 0. The molecular formula is C57H94O6. The predicted molar refractivity (Wildman–Crippen MR) is 270 cm³/mol. The van der Waals surface area contributed by atoms with Gasteiger partial charge in [0.05, 0.1) is 6.42 Å². The Morgan fingerprint density at radius 1 is 0.349 bits per heavy atom. The lowest BCUT2D eigenvalue weighted by molar-refractivity contribution is -0.166. The first-order valence-electron chi connectivity index (χ1n) is 25.7. The zero-order valence-electron chi connectivity index (χ0n) is 40.8. The van der Waals surface area contributed by atoms with Crippen LogP contribution in [-0.4, -0.2) is 37.2 Å². The summed E-state index contributed by atoms with van der Waals surface area (Å²) in [5.41, 5.74) is 0. The molecule has 0 aliphatic rings. The van der Waals surface area contributed by atoms with Gasteiger partial charge in [0.25, 0.3) is 0 Å². The number of rotatable bonds is 45. The Balaban J connectivity index is 4.45. The maximum Gasteiger partial charge on any atom is 0.309 e. The van der Waals surface area contributed by atoms with Crippen molar-refractivity contribution in [3.8, 4) is 0 Å². The van der Waals surface area contributed by atoms with E-state index in [-0.39, 0.29) is 32.0 Å². The van der Waals surface area contributed by atoms with E-state index in [0.717, 1.165) is 64.2 Å². The van der Waals surface area contributed by atoms with Crippen molar-refractivity contribution >= 4 is 17.9 Å². The van der Waals surface area contributed by atoms with Crippen LogP contribution in [-0.2, 0) is 28.6 Å². The van der Waals surface area contributed by atoms with E-state index in [0.29, 0.717) is 12.8 Å². The summed E-state index contributed by atoms with van der Waals surface area (Å²) in [7, 11) is 0. The van der Waals surface area contributed by atoms with Crippen LogP contribution < -0.4 is 0 Å². The van der Waals surface area contributed by atoms with E-state index in [4.69, 9.17) is 14.2 Å². The van der Waals surface area contributed by atoms with Crippen LogP contribution in [0.25, 0.3) is 0 Å². The van der Waals surface area contributed by atoms with Crippen LogP contribution in [0.2, 0.25) is 0 Å². The van der Waals surface area contributed by atoms with E-state index in [2.05, 4.69) is 106 Å². The molecule has 0 saturated carbocycles. The van der Waals surface area contributed by atoms with Gasteiger partial charge in [0.1, 0.15) is 13.2 Å². The highest BCUT2D eigenvalue weighted by Crippen LogP contribution is 2.13. The van der Waals surface area contributed by atoms with Crippen LogP contribution in [0.3, 0.4) is 0 Å². The van der Waals surface area contributed by atoms with E-state index in [9.17, 15) is 14.4 Å². The highest BCUT2D eigenvalue weighted by atomic mass is 16.6. The van der Waals surface area contributed by atoms with E-state index < -0.39 is 18.0 Å². The van der Waals surface area contributed by atoms with Crippen LogP contribution in [0.4, 0.5) is 0 Å². The fourth-order valence-electron chi connectivity index (χ4n) is 6.72. The molecule has 0 fully saturated rings. The summed E-state index contributed by atoms with van der Waals surface area (Å²) in [6.45, 7) is 6.33. The van der Waals surface area contributed by atoms with Gasteiger partial charge in [0.15, 0.2) is 6.10 Å². The second kappa shape index (κ2) is 51.0. The second-order valence-electron chi connectivity index (χ2n) is 16.7. The molecule has 0 rings (SSSR count). The molecule has 63 heavy (non-hydrogen) atoms. The van der Waals surface area contributed by atoms with Crippen molar-refractivity contribution in [3.05, 3.63) is 97.2 Å². The molecule has 0 aliphatic carbocycles. The highest BCUT2D eigenvalue weighted by Gasteiger charge is 2.19. The molecule has 0 aromatic heterocycles. The van der Waals surface area contributed by atoms with Crippen LogP contribution in [0.15, 0.2) is 97.2 Å². The molecule has 6 heteroatoms. The maximum absolute atomic E-state index is 12.7. The summed E-state index contributed by atoms with van der Waals surface area (Å²) in [5.74, 6) is -1.12. The van der Waals surface area contributed by atoms with Gasteiger partial charge >= 0.3 is 17.9 Å². The van der Waals surface area contributed by atoms with Gasteiger partial charge in [-0.15, -0.1) is 0 Å². The molecule has 0 aliphatic heterocycles. The second-order valence-corrected chi connectivity index (χ2v) is 16.7. The van der Waals surface area contributed by atoms with Gasteiger partial charge in [-0.25, -0.2) is 0 Å². The average Bonchev–Trinajstić information content (AvgIpc) is 3.28. The average molecular weight is 875 g/mol. The molecule has 0 bridgehead atoms. The summed E-state index contributed by atoms with van der Waals surface area (Å²) < 4.78 is 16.6. The van der Waals surface area contributed by atoms with Crippen molar-refractivity contribution in [1.82, 2.24) is 0 Å². The van der Waals surface area contributed by atoms with E-state index >= 15 is 0 Å². The Labute approximate surface area is 387 Å². The molecule has 6 nitrogen and oxygen atoms in total. The van der Waals surface area contributed by atoms with Crippen molar-refractivity contribution in [2.45, 2.75) is 232 Å². The Hall–Kier alpha value is -3.67. The molecule has 0 amide bonds. The first-order valence-corrected chi connectivity index (χ1v) is 25.7. The van der Waals surface area contributed by atoms with Crippen molar-refractivity contribution in [3.63, 3.8) is 0 Å². The Kier molecular flexibility index (Phi) is 48.0. The quantitative estimate of drug-likeness (QED) is 0.0262. The lowest BCUT2D eigenvalue weighted by Gasteiger charge is -2.18. The number of carbonyl (C=O) groups excluding carboxylic acids is 3. The molecule has 0 aromatic carbocycles.